The maximum absolute atomic E-state index is 6.04. The molecule has 2 aliphatic carbocycles. The van der Waals surface area contributed by atoms with Crippen molar-refractivity contribution in [1.82, 2.24) is 9.72 Å². The highest BCUT2D eigenvalue weighted by Gasteiger charge is 2.44. The molecule has 0 radical (unpaired) electrons. The van der Waals surface area contributed by atoms with Gasteiger partial charge in [-0.1, -0.05) is 35.5 Å². The molecule has 1 saturated heterocycles. The van der Waals surface area contributed by atoms with Gasteiger partial charge in [-0.3, -0.25) is 0 Å². The van der Waals surface area contributed by atoms with Crippen LogP contribution in [0.25, 0.3) is 27.7 Å². The molecule has 0 amide bonds. The minimum absolute atomic E-state index is 0.327. The van der Waals surface area contributed by atoms with Crippen molar-refractivity contribution in [3.05, 3.63) is 76.7 Å². The Balaban J connectivity index is 1.16. The van der Waals surface area contributed by atoms with Crippen molar-refractivity contribution >= 4 is 22.2 Å². The van der Waals surface area contributed by atoms with Gasteiger partial charge in [0.25, 0.3) is 0 Å². The number of allylic oxidation sites excluding steroid dienone is 2. The summed E-state index contributed by atoms with van der Waals surface area (Å²) >= 11 is 0. The zero-order valence-corrected chi connectivity index (χ0v) is 21.9. The van der Waals surface area contributed by atoms with Crippen molar-refractivity contribution in [3.63, 3.8) is 0 Å². The van der Waals surface area contributed by atoms with Crippen molar-refractivity contribution in [3.8, 4) is 11.3 Å². The summed E-state index contributed by atoms with van der Waals surface area (Å²) in [6, 6.07) is 13.5. The molecule has 7 rings (SSSR count). The molecule has 0 atom stereocenters. The van der Waals surface area contributed by atoms with Crippen LogP contribution < -0.4 is 4.90 Å². The van der Waals surface area contributed by atoms with Crippen molar-refractivity contribution < 1.29 is 4.52 Å². The van der Waals surface area contributed by atoms with Crippen LogP contribution in [0.1, 0.15) is 66.0 Å². The lowest BCUT2D eigenvalue weighted by molar-refractivity contribution is 0.277. The lowest BCUT2D eigenvalue weighted by atomic mass is 9.63. The second kappa shape index (κ2) is 7.86. The fourth-order valence-electron chi connectivity index (χ4n) is 6.78. The van der Waals surface area contributed by atoms with E-state index in [1.165, 1.54) is 75.7 Å². The van der Waals surface area contributed by atoms with Crippen LogP contribution >= 0.6 is 0 Å². The highest BCUT2D eigenvalue weighted by atomic mass is 16.5. The lowest BCUT2D eigenvalue weighted by Crippen LogP contribution is -2.42. The van der Waals surface area contributed by atoms with E-state index in [-0.39, 0.29) is 0 Å². The molecular weight excluding hydrogens is 442 g/mol. The Morgan fingerprint density at radius 1 is 0.944 bits per heavy atom. The highest BCUT2D eigenvalue weighted by molar-refractivity contribution is 5.87. The van der Waals surface area contributed by atoms with E-state index in [0.717, 1.165) is 31.0 Å². The van der Waals surface area contributed by atoms with E-state index in [4.69, 9.17) is 4.52 Å². The predicted molar refractivity (Wildman–Crippen MR) is 148 cm³/mol. The minimum atomic E-state index is 0.327. The summed E-state index contributed by atoms with van der Waals surface area (Å²) in [7, 11) is 2.15. The smallest absolute Gasteiger partial charge is 0.147 e. The van der Waals surface area contributed by atoms with Gasteiger partial charge in [-0.25, -0.2) is 0 Å². The molecule has 2 aromatic carbocycles. The average molecular weight is 478 g/mol. The fourth-order valence-corrected chi connectivity index (χ4v) is 6.78. The molecular formula is C32H35N3O. The lowest BCUT2D eigenvalue weighted by Gasteiger charge is -2.47. The van der Waals surface area contributed by atoms with E-state index in [1.54, 1.807) is 0 Å². The first kappa shape index (κ1) is 22.0. The summed E-state index contributed by atoms with van der Waals surface area (Å²) in [5.74, 6) is 1.69. The zero-order chi connectivity index (χ0) is 24.6. The summed E-state index contributed by atoms with van der Waals surface area (Å²) in [5.41, 5.74) is 12.0. The molecule has 3 aliphatic rings. The average Bonchev–Trinajstić information content (AvgIpc) is 3.55. The summed E-state index contributed by atoms with van der Waals surface area (Å²) in [5, 5.41) is 6.03. The molecule has 3 heterocycles. The third-order valence-electron chi connectivity index (χ3n) is 9.03. The van der Waals surface area contributed by atoms with Gasteiger partial charge in [0, 0.05) is 54.5 Å². The van der Waals surface area contributed by atoms with Gasteiger partial charge in [0.1, 0.15) is 11.5 Å². The summed E-state index contributed by atoms with van der Waals surface area (Å²) in [6.45, 7) is 8.81. The van der Waals surface area contributed by atoms with Gasteiger partial charge in [0.2, 0.25) is 0 Å². The fraction of sp³-hybridized carbons (Fsp3) is 0.406. The second-order valence-electron chi connectivity index (χ2n) is 11.6. The molecule has 36 heavy (non-hydrogen) atoms. The number of anilines is 1. The first-order valence-electron chi connectivity index (χ1n) is 13.5. The van der Waals surface area contributed by atoms with Gasteiger partial charge in [-0.05, 0) is 92.7 Å². The molecule has 4 heteroatoms. The van der Waals surface area contributed by atoms with Gasteiger partial charge < -0.3 is 14.0 Å². The zero-order valence-electron chi connectivity index (χ0n) is 21.9. The Morgan fingerprint density at radius 3 is 2.36 bits per heavy atom. The number of hydrogen-bond donors (Lipinski definition) is 0. The minimum Gasteiger partial charge on any atom is -0.371 e. The maximum Gasteiger partial charge on any atom is 0.147 e. The van der Waals surface area contributed by atoms with Crippen LogP contribution in [-0.4, -0.2) is 22.8 Å². The van der Waals surface area contributed by atoms with Crippen molar-refractivity contribution in [2.75, 3.05) is 18.0 Å². The Morgan fingerprint density at radius 2 is 1.67 bits per heavy atom. The number of aryl methyl sites for hydroxylation is 4. The number of piperidine rings is 1. The van der Waals surface area contributed by atoms with Crippen molar-refractivity contribution in [2.24, 2.45) is 12.5 Å². The van der Waals surface area contributed by atoms with Gasteiger partial charge >= 0.3 is 0 Å². The molecule has 1 saturated carbocycles. The van der Waals surface area contributed by atoms with Crippen molar-refractivity contribution in [1.29, 1.82) is 0 Å². The maximum atomic E-state index is 6.04. The number of benzene rings is 2. The standard InChI is InChI=1S/C32H35N3O/c1-20-6-5-7-21(2)28(20)30-29(31(36-33-30)23-8-9-23)24-17-32(18-24)12-14-35(15-13-32)25-10-11-26-22(3)19-34(4)27(26)16-25/h5-7,10-11,16-17,19,23H,8-9,12-15,18H2,1-4H3. The molecule has 4 aromatic rings. The normalized spacial score (nSPS) is 19.1. The predicted octanol–water partition coefficient (Wildman–Crippen LogP) is 7.71. The molecule has 184 valence electrons. The van der Waals surface area contributed by atoms with Crippen LogP contribution in [0.15, 0.2) is 53.2 Å². The van der Waals surface area contributed by atoms with Gasteiger partial charge in [0.05, 0.1) is 5.52 Å². The number of nitrogens with zero attached hydrogens (tertiary/aromatic N) is 3. The molecule has 1 spiro atoms. The second-order valence-corrected chi connectivity index (χ2v) is 11.6. The van der Waals surface area contributed by atoms with E-state index >= 15 is 0 Å². The summed E-state index contributed by atoms with van der Waals surface area (Å²) in [6.07, 6.45) is 10.8. The first-order valence-corrected chi connectivity index (χ1v) is 13.5. The molecule has 4 nitrogen and oxygen atoms in total. The van der Waals surface area contributed by atoms with E-state index in [1.807, 2.05) is 0 Å². The third-order valence-corrected chi connectivity index (χ3v) is 9.03. The number of hydrogen-bond acceptors (Lipinski definition) is 3. The van der Waals surface area contributed by atoms with E-state index in [2.05, 4.69) is 91.1 Å². The molecule has 0 bridgehead atoms. The molecule has 0 N–H and O–H groups in total. The largest absolute Gasteiger partial charge is 0.371 e. The van der Waals surface area contributed by atoms with Crippen LogP contribution in [0.4, 0.5) is 5.69 Å². The number of aromatic nitrogens is 2. The molecule has 1 aliphatic heterocycles. The van der Waals surface area contributed by atoms with Crippen LogP contribution in [0.5, 0.6) is 0 Å². The van der Waals surface area contributed by atoms with Gasteiger partial charge in [0.15, 0.2) is 0 Å². The third kappa shape index (κ3) is 3.37. The Bertz CT molecular complexity index is 1500. The Kier molecular flexibility index (Phi) is 4.80. The van der Waals surface area contributed by atoms with Crippen molar-refractivity contribution in [2.45, 2.75) is 58.8 Å². The Labute approximate surface area is 213 Å². The highest BCUT2D eigenvalue weighted by Crippen LogP contribution is 2.56. The quantitative estimate of drug-likeness (QED) is 0.302. The summed E-state index contributed by atoms with van der Waals surface area (Å²) in [4.78, 5) is 2.58. The topological polar surface area (TPSA) is 34.2 Å². The van der Waals surface area contributed by atoms with Gasteiger partial charge in [-0.15, -0.1) is 0 Å². The monoisotopic (exact) mass is 477 g/mol. The molecule has 0 unspecified atom stereocenters. The summed E-state index contributed by atoms with van der Waals surface area (Å²) < 4.78 is 8.29. The Hall–Kier alpha value is -3.27. The van der Waals surface area contributed by atoms with Crippen LogP contribution in [0.3, 0.4) is 0 Å². The number of rotatable bonds is 4. The van der Waals surface area contributed by atoms with Crippen LogP contribution in [0, 0.1) is 26.2 Å². The van der Waals surface area contributed by atoms with E-state index < -0.39 is 0 Å². The van der Waals surface area contributed by atoms with Gasteiger partial charge in [-0.2, -0.15) is 0 Å². The van der Waals surface area contributed by atoms with Crippen LogP contribution in [-0.2, 0) is 7.05 Å². The van der Waals surface area contributed by atoms with E-state index in [9.17, 15) is 0 Å². The molecule has 2 aromatic heterocycles. The first-order chi connectivity index (χ1) is 17.4. The van der Waals surface area contributed by atoms with Crippen LogP contribution in [0.2, 0.25) is 0 Å². The number of fused-ring (bicyclic) bond motifs is 1. The van der Waals surface area contributed by atoms with E-state index in [0.29, 0.717) is 11.3 Å². The molecule has 2 fully saturated rings. The SMILES string of the molecule is Cc1cccc(C)c1-c1noc(C2CC2)c1C1=CC2(CCN(c3ccc4c(C)cn(C)c4c3)CC2)C1.